The number of para-hydroxylation sites is 1. The SMILES string of the molecule is c1ccc(-c2ccc3ccc4ccc(-c5cccc(-c6c7ccccc7nc7c6ccc6ccc(-c8ccccc8)nc67)c5)nc4c3n2)cc1. The van der Waals surface area contributed by atoms with E-state index < -0.39 is 0 Å². The quantitative estimate of drug-likeness (QED) is 0.142. The summed E-state index contributed by atoms with van der Waals surface area (Å²) in [6.07, 6.45) is 0. The summed E-state index contributed by atoms with van der Waals surface area (Å²) in [5, 5.41) is 5.38. The van der Waals surface area contributed by atoms with Crippen LogP contribution in [0.5, 0.6) is 0 Å². The molecule has 0 amide bonds. The number of nitrogens with zero attached hydrogens (tertiary/aromatic N) is 4. The van der Waals surface area contributed by atoms with Gasteiger partial charge in [0.15, 0.2) is 0 Å². The standard InChI is InChI=1S/C46H28N4/c1-3-10-29(11-4-1)38-25-21-31-18-19-32-23-27-40(49-44(32)43(31)47-38)34-14-9-15-35(28-34)42-36-16-7-8-17-41(36)50-46-37(42)24-20-33-22-26-39(48-45(33)46)30-12-5-2-6-13-30/h1-28H. The van der Waals surface area contributed by atoms with E-state index in [1.54, 1.807) is 0 Å². The fraction of sp³-hybridized carbons (Fsp3) is 0. The van der Waals surface area contributed by atoms with E-state index in [2.05, 4.69) is 133 Å². The third kappa shape index (κ3) is 4.69. The van der Waals surface area contributed by atoms with Crippen molar-refractivity contribution in [3.05, 3.63) is 170 Å². The fourth-order valence-electron chi connectivity index (χ4n) is 7.15. The third-order valence-electron chi connectivity index (χ3n) is 9.62. The molecule has 10 aromatic rings. The molecule has 6 aromatic carbocycles. The van der Waals surface area contributed by atoms with Gasteiger partial charge in [0.25, 0.3) is 0 Å². The van der Waals surface area contributed by atoms with E-state index in [-0.39, 0.29) is 0 Å². The van der Waals surface area contributed by atoms with E-state index >= 15 is 0 Å². The van der Waals surface area contributed by atoms with Crippen LogP contribution in [-0.4, -0.2) is 19.9 Å². The molecule has 0 spiro atoms. The van der Waals surface area contributed by atoms with Gasteiger partial charge in [0.05, 0.1) is 44.7 Å². The Labute approximate surface area is 288 Å². The van der Waals surface area contributed by atoms with Crippen LogP contribution in [0.15, 0.2) is 170 Å². The summed E-state index contributed by atoms with van der Waals surface area (Å²) in [6.45, 7) is 0. The molecule has 50 heavy (non-hydrogen) atoms. The highest BCUT2D eigenvalue weighted by molar-refractivity contribution is 6.16. The van der Waals surface area contributed by atoms with Crippen molar-refractivity contribution in [2.24, 2.45) is 0 Å². The van der Waals surface area contributed by atoms with Crippen molar-refractivity contribution in [3.8, 4) is 44.9 Å². The van der Waals surface area contributed by atoms with Crippen molar-refractivity contribution in [2.45, 2.75) is 0 Å². The molecule has 0 fully saturated rings. The van der Waals surface area contributed by atoms with Gasteiger partial charge in [0, 0.05) is 49.2 Å². The maximum absolute atomic E-state index is 5.26. The van der Waals surface area contributed by atoms with Gasteiger partial charge in [-0.25, -0.2) is 19.9 Å². The number of aromatic nitrogens is 4. The minimum absolute atomic E-state index is 0.898. The molecule has 0 atom stereocenters. The van der Waals surface area contributed by atoms with Gasteiger partial charge in [-0.05, 0) is 35.9 Å². The Morgan fingerprint density at radius 3 is 1.36 bits per heavy atom. The van der Waals surface area contributed by atoms with Crippen LogP contribution < -0.4 is 0 Å². The fourth-order valence-corrected chi connectivity index (χ4v) is 7.15. The zero-order valence-electron chi connectivity index (χ0n) is 27.0. The Balaban J connectivity index is 1.16. The predicted molar refractivity (Wildman–Crippen MR) is 207 cm³/mol. The molecular formula is C46H28N4. The first kappa shape index (κ1) is 28.3. The average Bonchev–Trinajstić information content (AvgIpc) is 3.20. The van der Waals surface area contributed by atoms with Gasteiger partial charge in [-0.15, -0.1) is 0 Å². The van der Waals surface area contributed by atoms with Crippen molar-refractivity contribution in [1.29, 1.82) is 0 Å². The smallest absolute Gasteiger partial charge is 0.0978 e. The van der Waals surface area contributed by atoms with Crippen molar-refractivity contribution in [2.75, 3.05) is 0 Å². The van der Waals surface area contributed by atoms with E-state index in [1.165, 1.54) is 0 Å². The summed E-state index contributed by atoms with van der Waals surface area (Å²) in [5.74, 6) is 0. The number of hydrogen-bond acceptors (Lipinski definition) is 4. The molecule has 0 aliphatic rings. The van der Waals surface area contributed by atoms with Crippen molar-refractivity contribution < 1.29 is 0 Å². The summed E-state index contributed by atoms with van der Waals surface area (Å²) < 4.78 is 0. The van der Waals surface area contributed by atoms with Crippen molar-refractivity contribution in [1.82, 2.24) is 19.9 Å². The normalized spacial score (nSPS) is 11.6. The molecule has 0 aliphatic heterocycles. The van der Waals surface area contributed by atoms with Crippen molar-refractivity contribution in [3.63, 3.8) is 0 Å². The molecule has 0 bridgehead atoms. The third-order valence-corrected chi connectivity index (χ3v) is 9.62. The zero-order valence-corrected chi connectivity index (χ0v) is 27.0. The lowest BCUT2D eigenvalue weighted by molar-refractivity contribution is 1.36. The van der Waals surface area contributed by atoms with Crippen molar-refractivity contribution >= 4 is 54.5 Å². The molecule has 0 aliphatic carbocycles. The second kappa shape index (κ2) is 11.4. The van der Waals surface area contributed by atoms with Gasteiger partial charge >= 0.3 is 0 Å². The first-order valence-corrected chi connectivity index (χ1v) is 16.8. The molecule has 0 radical (unpaired) electrons. The molecule has 0 saturated carbocycles. The molecule has 4 heterocycles. The van der Waals surface area contributed by atoms with Gasteiger partial charge < -0.3 is 0 Å². The van der Waals surface area contributed by atoms with Crippen LogP contribution in [-0.2, 0) is 0 Å². The maximum Gasteiger partial charge on any atom is 0.0978 e. The Hall–Kier alpha value is -6.78. The van der Waals surface area contributed by atoms with E-state index in [4.69, 9.17) is 19.9 Å². The lowest BCUT2D eigenvalue weighted by Crippen LogP contribution is -1.94. The van der Waals surface area contributed by atoms with Crippen LogP contribution in [0.1, 0.15) is 0 Å². The molecule has 0 unspecified atom stereocenters. The predicted octanol–water partition coefficient (Wildman–Crippen LogP) is 11.7. The Bertz CT molecular complexity index is 2920. The molecule has 0 N–H and O–H groups in total. The van der Waals surface area contributed by atoms with E-state index in [0.717, 1.165) is 99.4 Å². The van der Waals surface area contributed by atoms with Crippen LogP contribution >= 0.6 is 0 Å². The summed E-state index contributed by atoms with van der Waals surface area (Å²) in [7, 11) is 0. The van der Waals surface area contributed by atoms with Gasteiger partial charge in [-0.2, -0.15) is 0 Å². The minimum Gasteiger partial charge on any atom is -0.245 e. The Kier molecular flexibility index (Phi) is 6.46. The van der Waals surface area contributed by atoms with Crippen LogP contribution in [0.2, 0.25) is 0 Å². The number of hydrogen-bond donors (Lipinski definition) is 0. The van der Waals surface area contributed by atoms with Crippen LogP contribution in [0.25, 0.3) is 99.4 Å². The molecule has 4 nitrogen and oxygen atoms in total. The largest absolute Gasteiger partial charge is 0.245 e. The molecule has 4 heteroatoms. The molecule has 4 aromatic heterocycles. The highest BCUT2D eigenvalue weighted by atomic mass is 14.8. The monoisotopic (exact) mass is 636 g/mol. The second-order valence-electron chi connectivity index (χ2n) is 12.6. The van der Waals surface area contributed by atoms with Gasteiger partial charge in [0.1, 0.15) is 0 Å². The number of benzene rings is 6. The zero-order chi connectivity index (χ0) is 33.0. The lowest BCUT2D eigenvalue weighted by Gasteiger charge is -2.14. The molecule has 10 rings (SSSR count). The van der Waals surface area contributed by atoms with Crippen LogP contribution in [0.3, 0.4) is 0 Å². The first-order valence-electron chi connectivity index (χ1n) is 16.8. The summed E-state index contributed by atoms with van der Waals surface area (Å²) in [5.41, 5.74) is 12.8. The van der Waals surface area contributed by atoms with Gasteiger partial charge in [0.2, 0.25) is 0 Å². The molecule has 232 valence electrons. The van der Waals surface area contributed by atoms with E-state index in [1.807, 2.05) is 36.4 Å². The number of fused-ring (bicyclic) bond motifs is 7. The lowest BCUT2D eigenvalue weighted by atomic mass is 9.93. The van der Waals surface area contributed by atoms with E-state index in [0.29, 0.717) is 0 Å². The summed E-state index contributed by atoms with van der Waals surface area (Å²) in [4.78, 5) is 20.8. The molecular weight excluding hydrogens is 609 g/mol. The van der Waals surface area contributed by atoms with E-state index in [9.17, 15) is 0 Å². The summed E-state index contributed by atoms with van der Waals surface area (Å²) in [6, 6.07) is 59.1. The molecule has 0 saturated heterocycles. The minimum atomic E-state index is 0.898. The Morgan fingerprint density at radius 1 is 0.280 bits per heavy atom. The topological polar surface area (TPSA) is 51.6 Å². The van der Waals surface area contributed by atoms with Crippen LogP contribution in [0.4, 0.5) is 0 Å². The average molecular weight is 637 g/mol. The first-order chi connectivity index (χ1) is 24.8. The van der Waals surface area contributed by atoms with Gasteiger partial charge in [-0.1, -0.05) is 140 Å². The number of pyridine rings is 4. The highest BCUT2D eigenvalue weighted by Gasteiger charge is 2.16. The summed E-state index contributed by atoms with van der Waals surface area (Å²) >= 11 is 0. The number of rotatable bonds is 4. The maximum atomic E-state index is 5.26. The Morgan fingerprint density at radius 2 is 0.740 bits per heavy atom. The highest BCUT2D eigenvalue weighted by Crippen LogP contribution is 2.39. The van der Waals surface area contributed by atoms with Gasteiger partial charge in [-0.3, -0.25) is 0 Å². The van der Waals surface area contributed by atoms with Crippen LogP contribution in [0, 0.1) is 0 Å². The second-order valence-corrected chi connectivity index (χ2v) is 12.6.